The average molecular weight is 366 g/mol. The van der Waals surface area contributed by atoms with Gasteiger partial charge in [-0.15, -0.1) is 11.3 Å². The number of amides is 1. The Bertz CT molecular complexity index is 852. The molecule has 8 heteroatoms. The zero-order valence-corrected chi connectivity index (χ0v) is 14.4. The van der Waals surface area contributed by atoms with Gasteiger partial charge in [-0.2, -0.15) is 0 Å². The van der Waals surface area contributed by atoms with Gasteiger partial charge in [-0.1, -0.05) is 6.07 Å². The molecule has 1 saturated carbocycles. The van der Waals surface area contributed by atoms with Crippen LogP contribution in [0.15, 0.2) is 18.2 Å². The number of carbonyl (C=O) groups excluding carboxylic acids is 1. The highest BCUT2D eigenvalue weighted by Gasteiger charge is 2.45. The average Bonchev–Trinajstić information content (AvgIpc) is 3.21. The maximum atomic E-state index is 13.8. The number of aromatic carboxylic acids is 1. The maximum absolute atomic E-state index is 13.8. The van der Waals surface area contributed by atoms with Crippen LogP contribution in [0.3, 0.4) is 0 Å². The third-order valence-corrected chi connectivity index (χ3v) is 5.55. The first kappa shape index (κ1) is 17.5. The summed E-state index contributed by atoms with van der Waals surface area (Å²) >= 11 is 1.02. The molecular formula is C17H16F2N2O3S. The SMILES string of the molecule is Cc1nc(C(C)NC(=O)C2CC2c2ccc(F)cc2F)sc1C(=O)O. The normalized spacial score (nSPS) is 20.2. The highest BCUT2D eigenvalue weighted by atomic mass is 32.1. The number of hydrogen-bond donors (Lipinski definition) is 2. The molecule has 1 fully saturated rings. The Morgan fingerprint density at radius 3 is 2.72 bits per heavy atom. The second kappa shape index (κ2) is 6.51. The second-order valence-electron chi connectivity index (χ2n) is 6.12. The number of aryl methyl sites for hydroxylation is 1. The van der Waals surface area contributed by atoms with E-state index in [0.717, 1.165) is 17.4 Å². The molecule has 0 radical (unpaired) electrons. The molecule has 1 aromatic heterocycles. The van der Waals surface area contributed by atoms with Crippen LogP contribution in [-0.4, -0.2) is 22.0 Å². The lowest BCUT2D eigenvalue weighted by Gasteiger charge is -2.11. The Kier molecular flexibility index (Phi) is 4.55. The van der Waals surface area contributed by atoms with E-state index in [0.29, 0.717) is 22.7 Å². The molecule has 0 bridgehead atoms. The molecule has 0 saturated heterocycles. The minimum absolute atomic E-state index is 0.147. The van der Waals surface area contributed by atoms with Gasteiger partial charge in [-0.3, -0.25) is 4.79 Å². The topological polar surface area (TPSA) is 79.3 Å². The predicted molar refractivity (Wildman–Crippen MR) is 87.6 cm³/mol. The molecular weight excluding hydrogens is 350 g/mol. The monoisotopic (exact) mass is 366 g/mol. The number of aromatic nitrogens is 1. The van der Waals surface area contributed by atoms with Gasteiger partial charge in [0.05, 0.1) is 11.7 Å². The lowest BCUT2D eigenvalue weighted by molar-refractivity contribution is -0.123. The van der Waals surface area contributed by atoms with Crippen LogP contribution >= 0.6 is 11.3 Å². The first-order chi connectivity index (χ1) is 11.8. The van der Waals surface area contributed by atoms with Crippen LogP contribution in [-0.2, 0) is 4.79 Å². The molecule has 132 valence electrons. The van der Waals surface area contributed by atoms with Crippen LogP contribution in [0.1, 0.15) is 51.2 Å². The maximum Gasteiger partial charge on any atom is 0.347 e. The molecule has 3 unspecified atom stereocenters. The van der Waals surface area contributed by atoms with E-state index in [1.165, 1.54) is 12.1 Å². The third kappa shape index (κ3) is 3.53. The van der Waals surface area contributed by atoms with Gasteiger partial charge in [-0.25, -0.2) is 18.6 Å². The van der Waals surface area contributed by atoms with Gasteiger partial charge in [0.15, 0.2) is 0 Å². The minimum atomic E-state index is -1.05. The van der Waals surface area contributed by atoms with Gasteiger partial charge in [-0.05, 0) is 37.8 Å². The number of benzene rings is 1. The standard InChI is InChI=1S/C17H16F2N2O3S/c1-7-14(17(23)24)25-16(21-7)8(2)20-15(22)12-6-11(12)10-4-3-9(18)5-13(10)19/h3-5,8,11-12H,6H2,1-2H3,(H,20,22)(H,23,24). The number of thiazole rings is 1. The lowest BCUT2D eigenvalue weighted by atomic mass is 10.1. The van der Waals surface area contributed by atoms with Crippen molar-refractivity contribution < 1.29 is 23.5 Å². The Morgan fingerprint density at radius 1 is 1.40 bits per heavy atom. The molecule has 1 amide bonds. The molecule has 1 heterocycles. The summed E-state index contributed by atoms with van der Waals surface area (Å²) in [6.07, 6.45) is 0.498. The Balaban J connectivity index is 1.65. The molecule has 0 aliphatic heterocycles. The molecule has 5 nitrogen and oxygen atoms in total. The Morgan fingerprint density at radius 2 is 2.12 bits per heavy atom. The van der Waals surface area contributed by atoms with E-state index in [9.17, 15) is 18.4 Å². The summed E-state index contributed by atoms with van der Waals surface area (Å²) in [6, 6.07) is 2.93. The zero-order valence-electron chi connectivity index (χ0n) is 13.5. The van der Waals surface area contributed by atoms with Crippen LogP contribution in [0.25, 0.3) is 0 Å². The van der Waals surface area contributed by atoms with Crippen molar-refractivity contribution in [2.45, 2.75) is 32.2 Å². The van der Waals surface area contributed by atoms with Gasteiger partial charge >= 0.3 is 5.97 Å². The number of halogens is 2. The molecule has 2 N–H and O–H groups in total. The van der Waals surface area contributed by atoms with Crippen molar-refractivity contribution >= 4 is 23.2 Å². The number of carboxylic acid groups (broad SMARTS) is 1. The molecule has 1 aliphatic rings. The number of nitrogens with zero attached hydrogens (tertiary/aromatic N) is 1. The first-order valence-electron chi connectivity index (χ1n) is 7.74. The van der Waals surface area contributed by atoms with Crippen LogP contribution in [0.2, 0.25) is 0 Å². The zero-order chi connectivity index (χ0) is 18.3. The molecule has 3 rings (SSSR count). The van der Waals surface area contributed by atoms with Crippen molar-refractivity contribution in [3.05, 3.63) is 51.0 Å². The number of carboxylic acids is 1. The van der Waals surface area contributed by atoms with Gasteiger partial charge in [0.2, 0.25) is 5.91 Å². The summed E-state index contributed by atoms with van der Waals surface area (Å²) < 4.78 is 26.8. The molecule has 1 aromatic carbocycles. The van der Waals surface area contributed by atoms with Crippen LogP contribution in [0, 0.1) is 24.5 Å². The van der Waals surface area contributed by atoms with Crippen molar-refractivity contribution in [2.75, 3.05) is 0 Å². The Labute approximate surface area is 146 Å². The number of rotatable bonds is 5. The quantitative estimate of drug-likeness (QED) is 0.850. The molecule has 25 heavy (non-hydrogen) atoms. The summed E-state index contributed by atoms with van der Waals surface area (Å²) in [5.41, 5.74) is 0.749. The van der Waals surface area contributed by atoms with Crippen molar-refractivity contribution in [3.8, 4) is 0 Å². The van der Waals surface area contributed by atoms with E-state index in [4.69, 9.17) is 5.11 Å². The Hall–Kier alpha value is -2.35. The fourth-order valence-corrected chi connectivity index (χ4v) is 3.72. The highest BCUT2D eigenvalue weighted by molar-refractivity contribution is 7.13. The highest BCUT2D eigenvalue weighted by Crippen LogP contribution is 2.48. The van der Waals surface area contributed by atoms with Gasteiger partial charge in [0.25, 0.3) is 0 Å². The van der Waals surface area contributed by atoms with E-state index >= 15 is 0 Å². The van der Waals surface area contributed by atoms with E-state index in [1.54, 1.807) is 13.8 Å². The second-order valence-corrected chi connectivity index (χ2v) is 7.15. The fraction of sp³-hybridized carbons (Fsp3) is 0.353. The van der Waals surface area contributed by atoms with E-state index in [-0.39, 0.29) is 22.6 Å². The molecule has 2 aromatic rings. The van der Waals surface area contributed by atoms with Crippen molar-refractivity contribution in [1.82, 2.24) is 10.3 Å². The number of carbonyl (C=O) groups is 2. The summed E-state index contributed by atoms with van der Waals surface area (Å²) in [7, 11) is 0. The minimum Gasteiger partial charge on any atom is -0.477 e. The van der Waals surface area contributed by atoms with Crippen molar-refractivity contribution in [1.29, 1.82) is 0 Å². The van der Waals surface area contributed by atoms with Gasteiger partial charge in [0.1, 0.15) is 21.5 Å². The summed E-state index contributed by atoms with van der Waals surface area (Å²) in [5, 5.41) is 12.4. The van der Waals surface area contributed by atoms with Crippen LogP contribution < -0.4 is 5.32 Å². The molecule has 3 atom stereocenters. The summed E-state index contributed by atoms with van der Waals surface area (Å²) in [4.78, 5) is 27.7. The lowest BCUT2D eigenvalue weighted by Crippen LogP contribution is -2.28. The van der Waals surface area contributed by atoms with Crippen molar-refractivity contribution in [2.24, 2.45) is 5.92 Å². The number of hydrogen-bond acceptors (Lipinski definition) is 4. The van der Waals surface area contributed by atoms with E-state index < -0.39 is 23.6 Å². The van der Waals surface area contributed by atoms with Crippen LogP contribution in [0.4, 0.5) is 8.78 Å². The largest absolute Gasteiger partial charge is 0.477 e. The first-order valence-corrected chi connectivity index (χ1v) is 8.55. The fourth-order valence-electron chi connectivity index (χ4n) is 2.81. The van der Waals surface area contributed by atoms with Gasteiger partial charge in [0, 0.05) is 12.0 Å². The molecule has 0 spiro atoms. The van der Waals surface area contributed by atoms with E-state index in [1.807, 2.05) is 0 Å². The predicted octanol–water partition coefficient (Wildman–Crippen LogP) is 3.41. The number of nitrogens with one attached hydrogen (secondary N) is 1. The smallest absolute Gasteiger partial charge is 0.347 e. The molecule has 1 aliphatic carbocycles. The summed E-state index contributed by atoms with van der Waals surface area (Å²) in [6.45, 7) is 3.32. The van der Waals surface area contributed by atoms with E-state index in [2.05, 4.69) is 10.3 Å². The van der Waals surface area contributed by atoms with Crippen molar-refractivity contribution in [3.63, 3.8) is 0 Å². The van der Waals surface area contributed by atoms with Crippen LogP contribution in [0.5, 0.6) is 0 Å². The van der Waals surface area contributed by atoms with Gasteiger partial charge < -0.3 is 10.4 Å². The third-order valence-electron chi connectivity index (χ3n) is 4.23. The summed E-state index contributed by atoms with van der Waals surface area (Å²) in [5.74, 6) is -3.22.